The van der Waals surface area contributed by atoms with Crippen LogP contribution in [-0.2, 0) is 0 Å². The normalized spacial score (nSPS) is 10.6. The minimum atomic E-state index is -0.801. The van der Waals surface area contributed by atoms with Gasteiger partial charge in [-0.3, -0.25) is 14.9 Å². The fourth-order valence-corrected chi connectivity index (χ4v) is 1.62. The van der Waals surface area contributed by atoms with Crippen molar-refractivity contribution in [2.24, 2.45) is 5.10 Å². The number of hydrogen-bond acceptors (Lipinski definition) is 5. The molecule has 0 aromatic heterocycles. The van der Waals surface area contributed by atoms with Crippen molar-refractivity contribution in [2.75, 3.05) is 0 Å². The van der Waals surface area contributed by atoms with E-state index in [9.17, 15) is 24.4 Å². The molecule has 0 spiro atoms. The molecule has 7 nitrogen and oxygen atoms in total. The van der Waals surface area contributed by atoms with Gasteiger partial charge in [-0.25, -0.2) is 9.82 Å². The van der Waals surface area contributed by atoms with E-state index in [0.717, 1.165) is 24.4 Å². The van der Waals surface area contributed by atoms with E-state index in [4.69, 9.17) is 0 Å². The Morgan fingerprint density at radius 2 is 2.05 bits per heavy atom. The molecule has 0 aliphatic heterocycles. The van der Waals surface area contributed by atoms with Crippen LogP contribution in [-0.4, -0.2) is 17.0 Å². The third-order valence-corrected chi connectivity index (χ3v) is 2.65. The molecule has 0 saturated heterocycles. The van der Waals surface area contributed by atoms with Gasteiger partial charge in [0.1, 0.15) is 5.82 Å². The average Bonchev–Trinajstić information content (AvgIpc) is 2.48. The van der Waals surface area contributed by atoms with E-state index in [0.29, 0.717) is 0 Å². The first-order valence-corrected chi connectivity index (χ1v) is 6.02. The van der Waals surface area contributed by atoms with E-state index in [1.165, 1.54) is 24.3 Å². The largest absolute Gasteiger partial charge is 0.868 e. The van der Waals surface area contributed by atoms with Gasteiger partial charge in [-0.1, -0.05) is 18.2 Å². The Morgan fingerprint density at radius 1 is 1.27 bits per heavy atom. The number of hydrazone groups is 1. The van der Waals surface area contributed by atoms with E-state index < -0.39 is 28.1 Å². The molecule has 2 aromatic carbocycles. The van der Waals surface area contributed by atoms with Crippen molar-refractivity contribution in [1.82, 2.24) is 5.43 Å². The van der Waals surface area contributed by atoms with Crippen LogP contribution in [0.5, 0.6) is 5.75 Å². The molecule has 1 N–H and O–H groups in total. The van der Waals surface area contributed by atoms with Gasteiger partial charge in [0.05, 0.1) is 11.1 Å². The summed E-state index contributed by atoms with van der Waals surface area (Å²) >= 11 is 0. The quantitative estimate of drug-likeness (QED) is 0.525. The summed E-state index contributed by atoms with van der Waals surface area (Å²) < 4.78 is 13.0. The van der Waals surface area contributed by atoms with Crippen LogP contribution in [0.15, 0.2) is 47.6 Å². The van der Waals surface area contributed by atoms with E-state index in [1.807, 2.05) is 0 Å². The third-order valence-electron chi connectivity index (χ3n) is 2.65. The van der Waals surface area contributed by atoms with E-state index >= 15 is 0 Å². The Balaban J connectivity index is 2.08. The second kappa shape index (κ2) is 6.44. The van der Waals surface area contributed by atoms with E-state index in [2.05, 4.69) is 10.5 Å². The molecule has 2 rings (SSSR count). The first kappa shape index (κ1) is 15.1. The maximum Gasteiger partial charge on any atom is 0.271 e. The number of halogens is 1. The van der Waals surface area contributed by atoms with Crippen LogP contribution in [0.1, 0.15) is 15.9 Å². The number of carbonyl (C=O) groups is 1. The standard InChI is InChI=1S/C14H10FN3O4/c15-11-3-1-2-10(7-11)14(20)17-16-8-9-4-5-13(19)12(6-9)18(21)22/h1-8,19H,(H,17,20)/p-1/b16-8-. The Kier molecular flexibility index (Phi) is 4.42. The molecule has 1 amide bonds. The molecule has 0 bridgehead atoms. The predicted octanol–water partition coefficient (Wildman–Crippen LogP) is 1.57. The van der Waals surface area contributed by atoms with Gasteiger partial charge in [-0.15, -0.1) is 0 Å². The number of nitro benzene ring substituents is 1. The van der Waals surface area contributed by atoms with Crippen LogP contribution in [0, 0.1) is 15.9 Å². The molecule has 0 saturated carbocycles. The number of rotatable bonds is 4. The van der Waals surface area contributed by atoms with Crippen LogP contribution in [0.4, 0.5) is 10.1 Å². The molecule has 0 fully saturated rings. The van der Waals surface area contributed by atoms with Gasteiger partial charge in [0.2, 0.25) is 0 Å². The zero-order chi connectivity index (χ0) is 16.1. The molecular weight excluding hydrogens is 293 g/mol. The van der Waals surface area contributed by atoms with Gasteiger partial charge < -0.3 is 5.11 Å². The van der Waals surface area contributed by atoms with E-state index in [-0.39, 0.29) is 11.1 Å². The van der Waals surface area contributed by atoms with Crippen molar-refractivity contribution in [2.45, 2.75) is 0 Å². The number of carbonyl (C=O) groups excluding carboxylic acids is 1. The smallest absolute Gasteiger partial charge is 0.271 e. The van der Waals surface area contributed by atoms with Gasteiger partial charge in [-0.2, -0.15) is 5.10 Å². The van der Waals surface area contributed by atoms with Gasteiger partial charge >= 0.3 is 0 Å². The zero-order valence-corrected chi connectivity index (χ0v) is 11.0. The van der Waals surface area contributed by atoms with Crippen molar-refractivity contribution in [1.29, 1.82) is 0 Å². The lowest BCUT2D eigenvalue weighted by Gasteiger charge is -2.06. The highest BCUT2D eigenvalue weighted by Gasteiger charge is 2.07. The Bertz CT molecular complexity index is 762. The van der Waals surface area contributed by atoms with E-state index in [1.54, 1.807) is 0 Å². The molecule has 0 radical (unpaired) electrons. The third kappa shape index (κ3) is 3.63. The second-order valence-electron chi connectivity index (χ2n) is 4.19. The summed E-state index contributed by atoms with van der Waals surface area (Å²) in [5, 5.41) is 25.5. The first-order chi connectivity index (χ1) is 10.5. The Labute approximate surface area is 123 Å². The van der Waals surface area contributed by atoms with Crippen molar-refractivity contribution in [3.63, 3.8) is 0 Å². The summed E-state index contributed by atoms with van der Waals surface area (Å²) in [6.07, 6.45) is 1.14. The Morgan fingerprint density at radius 3 is 2.73 bits per heavy atom. The van der Waals surface area contributed by atoms with Crippen LogP contribution in [0.25, 0.3) is 0 Å². The number of nitrogens with zero attached hydrogens (tertiary/aromatic N) is 2. The number of amides is 1. The average molecular weight is 302 g/mol. The maximum atomic E-state index is 13.0. The van der Waals surface area contributed by atoms with Gasteiger partial charge in [0, 0.05) is 17.2 Å². The summed E-state index contributed by atoms with van der Waals surface area (Å²) in [6, 6.07) is 8.43. The van der Waals surface area contributed by atoms with Crippen molar-refractivity contribution in [3.05, 3.63) is 69.5 Å². The van der Waals surface area contributed by atoms with Crippen LogP contribution >= 0.6 is 0 Å². The summed E-state index contributed by atoms with van der Waals surface area (Å²) in [7, 11) is 0. The lowest BCUT2D eigenvalue weighted by atomic mass is 10.2. The highest BCUT2D eigenvalue weighted by Crippen LogP contribution is 2.22. The lowest BCUT2D eigenvalue weighted by Crippen LogP contribution is -2.17. The summed E-state index contributed by atoms with van der Waals surface area (Å²) in [6.45, 7) is 0. The predicted molar refractivity (Wildman–Crippen MR) is 74.0 cm³/mol. The molecular formula is C14H9FN3O4-. The molecule has 2 aromatic rings. The van der Waals surface area contributed by atoms with Crippen LogP contribution in [0.2, 0.25) is 0 Å². The number of nitrogens with one attached hydrogen (secondary N) is 1. The highest BCUT2D eigenvalue weighted by molar-refractivity contribution is 5.94. The van der Waals surface area contributed by atoms with Gasteiger partial charge in [0.15, 0.2) is 0 Å². The second-order valence-corrected chi connectivity index (χ2v) is 4.19. The highest BCUT2D eigenvalue weighted by atomic mass is 19.1. The maximum absolute atomic E-state index is 13.0. The minimum Gasteiger partial charge on any atom is -0.868 e. The van der Waals surface area contributed by atoms with Crippen LogP contribution in [0.3, 0.4) is 0 Å². The fraction of sp³-hybridized carbons (Fsp3) is 0. The number of nitro groups is 1. The molecule has 22 heavy (non-hydrogen) atoms. The van der Waals surface area contributed by atoms with Gasteiger partial charge in [0.25, 0.3) is 11.6 Å². The SMILES string of the molecule is O=C(N/N=C\c1ccc([O-])c([N+](=O)[O-])c1)c1cccc(F)c1. The van der Waals surface area contributed by atoms with Crippen molar-refractivity contribution < 1.29 is 19.2 Å². The van der Waals surface area contributed by atoms with Gasteiger partial charge in [-0.05, 0) is 23.9 Å². The molecule has 0 heterocycles. The zero-order valence-electron chi connectivity index (χ0n) is 11.0. The molecule has 0 aliphatic rings. The van der Waals surface area contributed by atoms with Crippen molar-refractivity contribution >= 4 is 17.8 Å². The molecule has 112 valence electrons. The molecule has 0 aliphatic carbocycles. The molecule has 0 unspecified atom stereocenters. The topological polar surface area (TPSA) is 108 Å². The monoisotopic (exact) mass is 302 g/mol. The molecule has 8 heteroatoms. The lowest BCUT2D eigenvalue weighted by molar-refractivity contribution is -0.398. The van der Waals surface area contributed by atoms with Crippen molar-refractivity contribution in [3.8, 4) is 5.75 Å². The Hall–Kier alpha value is -3.29. The number of benzene rings is 2. The number of hydrogen-bond donors (Lipinski definition) is 1. The fourth-order valence-electron chi connectivity index (χ4n) is 1.62. The first-order valence-electron chi connectivity index (χ1n) is 6.02. The summed E-state index contributed by atoms with van der Waals surface area (Å²) in [4.78, 5) is 21.5. The summed E-state index contributed by atoms with van der Waals surface area (Å²) in [5.74, 6) is -1.91. The molecule has 0 atom stereocenters. The summed E-state index contributed by atoms with van der Waals surface area (Å²) in [5.41, 5.74) is 1.92. The minimum absolute atomic E-state index is 0.0815. The van der Waals surface area contributed by atoms with Crippen LogP contribution < -0.4 is 10.5 Å².